The number of anilines is 1. The number of fused-ring (bicyclic) bond motifs is 2. The third-order valence-corrected chi connectivity index (χ3v) is 5.35. The number of urea groups is 1. The van der Waals surface area contributed by atoms with E-state index in [1.165, 1.54) is 12.8 Å². The summed E-state index contributed by atoms with van der Waals surface area (Å²) in [5.74, 6) is 1.57. The van der Waals surface area contributed by atoms with Crippen LogP contribution in [0.1, 0.15) is 37.1 Å². The molecule has 2 aliphatic rings. The maximum Gasteiger partial charge on any atom is 0.322 e. The lowest BCUT2D eigenvalue weighted by Crippen LogP contribution is -2.62. The summed E-state index contributed by atoms with van der Waals surface area (Å²) >= 11 is 0. The first kappa shape index (κ1) is 15.2. The highest BCUT2D eigenvalue weighted by molar-refractivity contribution is 5.91. The van der Waals surface area contributed by atoms with Gasteiger partial charge in [0, 0.05) is 30.4 Å². The fourth-order valence-corrected chi connectivity index (χ4v) is 3.84. The quantitative estimate of drug-likeness (QED) is 0.922. The summed E-state index contributed by atoms with van der Waals surface area (Å²) in [6.07, 6.45) is 4.70. The largest absolute Gasteiger partial charge is 0.322 e. The van der Waals surface area contributed by atoms with Crippen LogP contribution in [0, 0.1) is 13.8 Å². The maximum atomic E-state index is 12.6. The van der Waals surface area contributed by atoms with Gasteiger partial charge in [-0.2, -0.15) is 5.10 Å². The van der Waals surface area contributed by atoms with Crippen molar-refractivity contribution in [3.05, 3.63) is 29.6 Å². The molecule has 2 aliphatic heterocycles. The van der Waals surface area contributed by atoms with E-state index in [0.29, 0.717) is 17.9 Å². The van der Waals surface area contributed by atoms with Gasteiger partial charge in [0.1, 0.15) is 5.82 Å². The summed E-state index contributed by atoms with van der Waals surface area (Å²) in [5, 5.41) is 7.51. The predicted octanol–water partition coefficient (Wildman–Crippen LogP) is 3.26. The monoisotopic (exact) mass is 325 g/mol. The van der Waals surface area contributed by atoms with Gasteiger partial charge in [0.15, 0.2) is 5.82 Å². The molecule has 0 spiro atoms. The molecule has 2 atom stereocenters. The molecular formula is C18H23N5O. The number of aromatic nitrogens is 3. The lowest BCUT2D eigenvalue weighted by molar-refractivity contribution is 0.0173. The summed E-state index contributed by atoms with van der Waals surface area (Å²) < 4.78 is 1.77. The standard InChI is InChI=1S/C18H23N5O/c1-11-7-8-13(9-16(11)17-19-12(2)22(3)21-17)20-18(24)23-14-5-4-6-15(23)10-14/h7-9,14-15H,4-6,10H2,1-3H3,(H,20,24). The fraction of sp³-hybridized carbons (Fsp3) is 0.500. The fourth-order valence-electron chi connectivity index (χ4n) is 3.84. The summed E-state index contributed by atoms with van der Waals surface area (Å²) in [5.41, 5.74) is 2.86. The highest BCUT2D eigenvalue weighted by Gasteiger charge is 2.44. The van der Waals surface area contributed by atoms with Gasteiger partial charge in [0.25, 0.3) is 0 Å². The van der Waals surface area contributed by atoms with Crippen molar-refractivity contribution in [2.75, 3.05) is 5.32 Å². The van der Waals surface area contributed by atoms with Crippen LogP contribution in [0.15, 0.2) is 18.2 Å². The van der Waals surface area contributed by atoms with Crippen LogP contribution < -0.4 is 5.32 Å². The Morgan fingerprint density at radius 3 is 2.62 bits per heavy atom. The minimum Gasteiger partial charge on any atom is -0.318 e. The second-order valence-electron chi connectivity index (χ2n) is 6.95. The van der Waals surface area contributed by atoms with Crippen molar-refractivity contribution in [3.8, 4) is 11.4 Å². The Kier molecular flexibility index (Phi) is 3.55. The molecule has 0 aliphatic carbocycles. The van der Waals surface area contributed by atoms with Crippen molar-refractivity contribution in [1.82, 2.24) is 19.7 Å². The van der Waals surface area contributed by atoms with E-state index in [1.54, 1.807) is 4.68 Å². The highest BCUT2D eigenvalue weighted by Crippen LogP contribution is 2.38. The zero-order chi connectivity index (χ0) is 16.8. The van der Waals surface area contributed by atoms with E-state index in [4.69, 9.17) is 0 Å². The van der Waals surface area contributed by atoms with Crippen molar-refractivity contribution in [3.63, 3.8) is 0 Å². The first-order valence-corrected chi connectivity index (χ1v) is 8.61. The van der Waals surface area contributed by atoms with Crippen LogP contribution in [-0.4, -0.2) is 37.8 Å². The highest BCUT2D eigenvalue weighted by atomic mass is 16.2. The first-order chi connectivity index (χ1) is 11.5. The molecule has 0 radical (unpaired) electrons. The van der Waals surface area contributed by atoms with Crippen molar-refractivity contribution in [2.45, 2.75) is 51.6 Å². The lowest BCUT2D eigenvalue weighted by atomic mass is 9.80. The van der Waals surface area contributed by atoms with Crippen LogP contribution in [0.25, 0.3) is 11.4 Å². The number of hydrogen-bond donors (Lipinski definition) is 1. The van der Waals surface area contributed by atoms with E-state index in [0.717, 1.165) is 35.5 Å². The average Bonchev–Trinajstić information content (AvgIpc) is 2.89. The number of amides is 2. The number of carbonyl (C=O) groups is 1. The molecule has 2 fully saturated rings. The molecule has 126 valence electrons. The molecule has 2 saturated heterocycles. The number of hydrogen-bond acceptors (Lipinski definition) is 3. The molecule has 1 N–H and O–H groups in total. The molecule has 1 aromatic carbocycles. The van der Waals surface area contributed by atoms with Gasteiger partial charge in [-0.3, -0.25) is 4.68 Å². The Hall–Kier alpha value is -2.37. The Morgan fingerprint density at radius 1 is 1.25 bits per heavy atom. The Balaban J connectivity index is 1.56. The van der Waals surface area contributed by atoms with Gasteiger partial charge in [-0.25, -0.2) is 9.78 Å². The Bertz CT molecular complexity index is 763. The van der Waals surface area contributed by atoms with Crippen molar-refractivity contribution >= 4 is 11.7 Å². The molecule has 2 bridgehead atoms. The normalized spacial score (nSPS) is 22.2. The van der Waals surface area contributed by atoms with Gasteiger partial charge in [0.2, 0.25) is 0 Å². The van der Waals surface area contributed by atoms with Crippen LogP contribution in [0.4, 0.5) is 10.5 Å². The smallest absolute Gasteiger partial charge is 0.318 e. The minimum absolute atomic E-state index is 0.0240. The maximum absolute atomic E-state index is 12.6. The summed E-state index contributed by atoms with van der Waals surface area (Å²) in [7, 11) is 1.88. The van der Waals surface area contributed by atoms with E-state index in [-0.39, 0.29) is 6.03 Å². The molecule has 2 amide bonds. The average molecular weight is 325 g/mol. The molecular weight excluding hydrogens is 302 g/mol. The lowest BCUT2D eigenvalue weighted by Gasteiger charge is -2.52. The van der Waals surface area contributed by atoms with Gasteiger partial charge in [-0.15, -0.1) is 0 Å². The van der Waals surface area contributed by atoms with Crippen LogP contribution >= 0.6 is 0 Å². The van der Waals surface area contributed by atoms with Crippen LogP contribution in [0.3, 0.4) is 0 Å². The van der Waals surface area contributed by atoms with Gasteiger partial charge in [-0.1, -0.05) is 6.07 Å². The molecule has 0 saturated carbocycles. The zero-order valence-electron chi connectivity index (χ0n) is 14.4. The number of aryl methyl sites for hydroxylation is 3. The van der Waals surface area contributed by atoms with Crippen molar-refractivity contribution in [2.24, 2.45) is 7.05 Å². The Morgan fingerprint density at radius 2 is 2.00 bits per heavy atom. The molecule has 24 heavy (non-hydrogen) atoms. The molecule has 6 nitrogen and oxygen atoms in total. The van der Waals surface area contributed by atoms with Gasteiger partial charge in [0.05, 0.1) is 0 Å². The van der Waals surface area contributed by atoms with Crippen molar-refractivity contribution < 1.29 is 4.79 Å². The first-order valence-electron chi connectivity index (χ1n) is 8.61. The third-order valence-electron chi connectivity index (χ3n) is 5.35. The van der Waals surface area contributed by atoms with Crippen LogP contribution in [0.2, 0.25) is 0 Å². The zero-order valence-corrected chi connectivity index (χ0v) is 14.4. The molecule has 1 aromatic heterocycles. The second-order valence-corrected chi connectivity index (χ2v) is 6.95. The van der Waals surface area contributed by atoms with Gasteiger partial charge >= 0.3 is 6.03 Å². The SMILES string of the molecule is Cc1ccc(NC(=O)N2C3CCCC2C3)cc1-c1nc(C)n(C)n1. The molecule has 2 unspecified atom stereocenters. The van der Waals surface area contributed by atoms with Crippen LogP contribution in [-0.2, 0) is 7.05 Å². The summed E-state index contributed by atoms with van der Waals surface area (Å²) in [4.78, 5) is 19.1. The predicted molar refractivity (Wildman–Crippen MR) is 92.8 cm³/mol. The Labute approximate surface area is 141 Å². The van der Waals surface area contributed by atoms with E-state index in [2.05, 4.69) is 15.4 Å². The number of rotatable bonds is 2. The number of benzene rings is 1. The van der Waals surface area contributed by atoms with Crippen LogP contribution in [0.5, 0.6) is 0 Å². The summed E-state index contributed by atoms with van der Waals surface area (Å²) in [6, 6.07) is 6.83. The topological polar surface area (TPSA) is 63.1 Å². The van der Waals surface area contributed by atoms with Gasteiger partial charge in [-0.05, 0) is 57.2 Å². The number of carbonyl (C=O) groups excluding carboxylic acids is 1. The molecule has 6 heteroatoms. The molecule has 2 aromatic rings. The van der Waals surface area contributed by atoms with E-state index in [9.17, 15) is 4.79 Å². The third kappa shape index (κ3) is 2.46. The van der Waals surface area contributed by atoms with E-state index >= 15 is 0 Å². The number of nitrogens with one attached hydrogen (secondary N) is 1. The molecule has 4 rings (SSSR count). The minimum atomic E-state index is 0.0240. The second kappa shape index (κ2) is 5.61. The van der Waals surface area contributed by atoms with Crippen molar-refractivity contribution in [1.29, 1.82) is 0 Å². The number of nitrogens with zero attached hydrogens (tertiary/aromatic N) is 4. The summed E-state index contributed by atoms with van der Waals surface area (Å²) in [6.45, 7) is 3.96. The number of piperidine rings is 1. The van der Waals surface area contributed by atoms with E-state index < -0.39 is 0 Å². The molecule has 3 heterocycles. The van der Waals surface area contributed by atoms with E-state index in [1.807, 2.05) is 44.0 Å². The van der Waals surface area contributed by atoms with Gasteiger partial charge < -0.3 is 10.2 Å².